The molecule has 8 nitrogen and oxygen atoms in total. The molecule has 0 saturated carbocycles. The van der Waals surface area contributed by atoms with Crippen molar-refractivity contribution in [2.24, 2.45) is 0 Å². The first-order valence-electron chi connectivity index (χ1n) is 13.2. The van der Waals surface area contributed by atoms with Crippen LogP contribution in [-0.4, -0.2) is 57.6 Å². The molecule has 0 fully saturated rings. The second-order valence-corrected chi connectivity index (χ2v) is 12.4. The first kappa shape index (κ1) is 32.2. The first-order valence-corrected chi connectivity index (χ1v) is 15.8. The largest absolute Gasteiger partial charge is 0.495 e. The van der Waals surface area contributed by atoms with Gasteiger partial charge in [0.05, 0.1) is 19.1 Å². The summed E-state index contributed by atoms with van der Waals surface area (Å²) in [6.07, 6.45) is 2.91. The second-order valence-electron chi connectivity index (χ2n) is 9.58. The number of nitrogens with zero attached hydrogens (tertiary/aromatic N) is 2. The van der Waals surface area contributed by atoms with Crippen molar-refractivity contribution in [2.75, 3.05) is 30.8 Å². The van der Waals surface area contributed by atoms with Crippen molar-refractivity contribution in [1.29, 1.82) is 0 Å². The summed E-state index contributed by atoms with van der Waals surface area (Å²) < 4.78 is 32.3. The Hall–Kier alpha value is -3.27. The molecule has 0 radical (unpaired) electrons. The van der Waals surface area contributed by atoms with E-state index in [-0.39, 0.29) is 35.3 Å². The number of methoxy groups -OCH3 is 1. The van der Waals surface area contributed by atoms with Crippen LogP contribution in [0.5, 0.6) is 5.75 Å². The van der Waals surface area contributed by atoms with Crippen LogP contribution < -0.4 is 14.4 Å². The Balaban J connectivity index is 2.07. The fraction of sp³-hybridized carbons (Fsp3) is 0.333. The highest BCUT2D eigenvalue weighted by atomic mass is 35.5. The van der Waals surface area contributed by atoms with Gasteiger partial charge < -0.3 is 15.0 Å². The van der Waals surface area contributed by atoms with E-state index in [0.717, 1.165) is 34.5 Å². The van der Waals surface area contributed by atoms with Crippen LogP contribution in [0, 0.1) is 0 Å². The lowest BCUT2D eigenvalue weighted by molar-refractivity contribution is -0.140. The van der Waals surface area contributed by atoms with Crippen LogP contribution in [0.1, 0.15) is 30.9 Å². The van der Waals surface area contributed by atoms with Crippen LogP contribution >= 0.6 is 23.2 Å². The van der Waals surface area contributed by atoms with Gasteiger partial charge in [-0.3, -0.25) is 13.9 Å². The number of unbranched alkanes of at least 4 members (excludes halogenated alkanes) is 1. The number of anilines is 1. The van der Waals surface area contributed by atoms with Gasteiger partial charge in [-0.15, -0.1) is 0 Å². The van der Waals surface area contributed by atoms with Crippen LogP contribution in [0.4, 0.5) is 5.69 Å². The van der Waals surface area contributed by atoms with E-state index < -0.39 is 28.5 Å². The molecule has 220 valence electrons. The van der Waals surface area contributed by atoms with Crippen LogP contribution in [0.25, 0.3) is 0 Å². The molecule has 0 spiro atoms. The lowest BCUT2D eigenvalue weighted by Crippen LogP contribution is -2.53. The van der Waals surface area contributed by atoms with Gasteiger partial charge in [0.25, 0.3) is 0 Å². The standard InChI is InChI=1S/C30H35Cl2N3O5S/c1-4-5-17-33-30(37)27(18-22-9-7-6-8-10-22)34(20-23-11-13-24(31)14-12-23)29(36)21-35(41(3,38)39)26-19-25(32)15-16-28(26)40-2/h6-16,19,27H,4-5,17-18,20-21H2,1-3H3,(H,33,37)/t27-/m1/s1. The summed E-state index contributed by atoms with van der Waals surface area (Å²) in [4.78, 5) is 29.2. The van der Waals surface area contributed by atoms with E-state index in [1.54, 1.807) is 30.3 Å². The number of carbonyl (C=O) groups is 2. The maximum absolute atomic E-state index is 14.1. The summed E-state index contributed by atoms with van der Waals surface area (Å²) in [7, 11) is -2.57. The minimum Gasteiger partial charge on any atom is -0.495 e. The summed E-state index contributed by atoms with van der Waals surface area (Å²) >= 11 is 12.3. The van der Waals surface area contributed by atoms with Crippen molar-refractivity contribution >= 4 is 50.7 Å². The fourth-order valence-corrected chi connectivity index (χ4v) is 5.44. The summed E-state index contributed by atoms with van der Waals surface area (Å²) in [6, 6.07) is 19.9. The molecule has 1 atom stereocenters. The Bertz CT molecular complexity index is 1420. The Morgan fingerprint density at radius 1 is 0.951 bits per heavy atom. The number of hydrogen-bond donors (Lipinski definition) is 1. The third kappa shape index (κ3) is 9.38. The third-order valence-electron chi connectivity index (χ3n) is 6.46. The van der Waals surface area contributed by atoms with E-state index in [4.69, 9.17) is 27.9 Å². The molecule has 0 heterocycles. The van der Waals surface area contributed by atoms with Crippen molar-refractivity contribution in [3.63, 3.8) is 0 Å². The number of halogens is 2. The highest BCUT2D eigenvalue weighted by Crippen LogP contribution is 2.33. The highest BCUT2D eigenvalue weighted by molar-refractivity contribution is 7.92. The maximum atomic E-state index is 14.1. The van der Waals surface area contributed by atoms with E-state index in [0.29, 0.717) is 11.6 Å². The molecule has 0 aliphatic heterocycles. The smallest absolute Gasteiger partial charge is 0.244 e. The quantitative estimate of drug-likeness (QED) is 0.246. The Morgan fingerprint density at radius 2 is 1.61 bits per heavy atom. The van der Waals surface area contributed by atoms with Gasteiger partial charge in [-0.2, -0.15) is 0 Å². The monoisotopic (exact) mass is 619 g/mol. The second kappa shape index (κ2) is 15.1. The van der Waals surface area contributed by atoms with Gasteiger partial charge in [0.15, 0.2) is 0 Å². The molecule has 1 N–H and O–H groups in total. The zero-order valence-corrected chi connectivity index (χ0v) is 25.7. The van der Waals surface area contributed by atoms with E-state index >= 15 is 0 Å². The van der Waals surface area contributed by atoms with Gasteiger partial charge in [0.1, 0.15) is 18.3 Å². The van der Waals surface area contributed by atoms with Gasteiger partial charge in [-0.25, -0.2) is 8.42 Å². The topological polar surface area (TPSA) is 96.0 Å². The fourth-order valence-electron chi connectivity index (χ4n) is 4.30. The van der Waals surface area contributed by atoms with Gasteiger partial charge >= 0.3 is 0 Å². The minimum atomic E-state index is -3.97. The molecule has 0 unspecified atom stereocenters. The molecule has 3 aromatic rings. The number of carbonyl (C=O) groups excluding carboxylic acids is 2. The number of nitrogens with one attached hydrogen (secondary N) is 1. The number of rotatable bonds is 14. The summed E-state index contributed by atoms with van der Waals surface area (Å²) in [6.45, 7) is 1.96. The molecule has 0 bridgehead atoms. The van der Waals surface area contributed by atoms with E-state index in [2.05, 4.69) is 5.32 Å². The summed E-state index contributed by atoms with van der Waals surface area (Å²) in [5, 5.41) is 3.76. The Morgan fingerprint density at radius 3 is 2.22 bits per heavy atom. The Labute approximate surface area is 252 Å². The van der Waals surface area contributed by atoms with Crippen LogP contribution in [0.2, 0.25) is 10.0 Å². The van der Waals surface area contributed by atoms with Gasteiger partial charge in [-0.05, 0) is 47.9 Å². The predicted molar refractivity (Wildman–Crippen MR) is 164 cm³/mol. The van der Waals surface area contributed by atoms with Crippen LogP contribution in [-0.2, 0) is 32.6 Å². The SMILES string of the molecule is CCCCNC(=O)[C@@H](Cc1ccccc1)N(Cc1ccc(Cl)cc1)C(=O)CN(c1cc(Cl)ccc1OC)S(C)(=O)=O. The maximum Gasteiger partial charge on any atom is 0.244 e. The number of sulfonamides is 1. The van der Waals surface area contributed by atoms with Gasteiger partial charge in [-0.1, -0.05) is 79.0 Å². The van der Waals surface area contributed by atoms with Gasteiger partial charge in [0.2, 0.25) is 21.8 Å². The normalized spacial score (nSPS) is 11.9. The molecular weight excluding hydrogens is 585 g/mol. The van der Waals surface area contributed by atoms with Crippen molar-refractivity contribution in [3.05, 3.63) is 94.0 Å². The van der Waals surface area contributed by atoms with Crippen LogP contribution in [0.15, 0.2) is 72.8 Å². The average molecular weight is 621 g/mol. The Kier molecular flexibility index (Phi) is 11.9. The zero-order chi connectivity index (χ0) is 30.0. The molecule has 2 amide bonds. The van der Waals surface area contributed by atoms with E-state index in [1.807, 2.05) is 37.3 Å². The lowest BCUT2D eigenvalue weighted by atomic mass is 10.0. The average Bonchev–Trinajstić information content (AvgIpc) is 2.94. The van der Waals surface area contributed by atoms with E-state index in [1.165, 1.54) is 24.1 Å². The number of hydrogen-bond acceptors (Lipinski definition) is 5. The van der Waals surface area contributed by atoms with Gasteiger partial charge in [0, 0.05) is 29.6 Å². The number of amides is 2. The molecular formula is C30H35Cl2N3O5S. The first-order chi connectivity index (χ1) is 19.5. The highest BCUT2D eigenvalue weighted by Gasteiger charge is 2.33. The minimum absolute atomic E-state index is 0.0545. The zero-order valence-electron chi connectivity index (χ0n) is 23.3. The molecule has 0 aliphatic carbocycles. The summed E-state index contributed by atoms with van der Waals surface area (Å²) in [5.74, 6) is -0.662. The van der Waals surface area contributed by atoms with E-state index in [9.17, 15) is 18.0 Å². The molecule has 0 aliphatic rings. The number of benzene rings is 3. The number of ether oxygens (including phenoxy) is 1. The van der Waals surface area contributed by atoms with Crippen molar-refractivity contribution in [1.82, 2.24) is 10.2 Å². The lowest BCUT2D eigenvalue weighted by Gasteiger charge is -2.33. The van der Waals surface area contributed by atoms with Crippen molar-refractivity contribution in [3.8, 4) is 5.75 Å². The molecule has 3 aromatic carbocycles. The molecule has 11 heteroatoms. The van der Waals surface area contributed by atoms with Crippen molar-refractivity contribution in [2.45, 2.75) is 38.8 Å². The third-order valence-corrected chi connectivity index (χ3v) is 8.07. The molecule has 3 rings (SSSR count). The molecule has 41 heavy (non-hydrogen) atoms. The van der Waals surface area contributed by atoms with Crippen molar-refractivity contribution < 1.29 is 22.7 Å². The molecule has 0 saturated heterocycles. The summed E-state index contributed by atoms with van der Waals surface area (Å²) in [5.41, 5.74) is 1.70. The predicted octanol–water partition coefficient (Wildman–Crippen LogP) is 5.32. The van der Waals surface area contributed by atoms with Crippen LogP contribution in [0.3, 0.4) is 0 Å². The molecule has 0 aromatic heterocycles.